The van der Waals surface area contributed by atoms with Crippen LogP contribution in [0.15, 0.2) is 51.9 Å². The first-order valence-electron chi connectivity index (χ1n) is 9.57. The fourth-order valence-corrected chi connectivity index (χ4v) is 4.87. The van der Waals surface area contributed by atoms with E-state index < -0.39 is 10.0 Å². The molecule has 0 bridgehead atoms. The molecular formula is C20H22N4O4S. The molecule has 2 aliphatic heterocycles. The van der Waals surface area contributed by atoms with E-state index in [2.05, 4.69) is 14.7 Å². The number of fused-ring (bicyclic) bond motifs is 1. The molecule has 1 amide bonds. The van der Waals surface area contributed by atoms with Gasteiger partial charge in [-0.05, 0) is 44.0 Å². The lowest BCUT2D eigenvalue weighted by Crippen LogP contribution is -2.44. The number of piperidine rings is 1. The fourth-order valence-electron chi connectivity index (χ4n) is 3.67. The molecule has 3 heterocycles. The SMILES string of the molecule is CCOc1ncccc1C(=O)N1CCC[C@H](C2=NS(=O)(=O)c3ccccc3N2)C1. The monoisotopic (exact) mass is 414 g/mol. The number of carbonyl (C=O) groups excluding carboxylic acids is 1. The standard InChI is InChI=1S/C20H22N4O4S/c1-2-28-19-15(8-5-11-21-19)20(25)24-12-6-7-14(13-24)18-22-16-9-3-4-10-17(16)29(26,27)23-18/h3-5,8-11,14H,2,6-7,12-13H2,1H3,(H,22,23)/t14-/m0/s1. The molecule has 1 saturated heterocycles. The van der Waals surface area contributed by atoms with Crippen LogP contribution in [0.3, 0.4) is 0 Å². The summed E-state index contributed by atoms with van der Waals surface area (Å²) in [6.45, 7) is 3.22. The van der Waals surface area contributed by atoms with Crippen molar-refractivity contribution in [3.8, 4) is 5.88 Å². The Bertz CT molecular complexity index is 1070. The smallest absolute Gasteiger partial charge is 0.286 e. The van der Waals surface area contributed by atoms with E-state index in [1.165, 1.54) is 6.07 Å². The van der Waals surface area contributed by atoms with Crippen molar-refractivity contribution in [1.82, 2.24) is 9.88 Å². The zero-order valence-corrected chi connectivity index (χ0v) is 16.9. The maximum absolute atomic E-state index is 13.1. The Morgan fingerprint density at radius 1 is 1.28 bits per heavy atom. The number of amides is 1. The third-order valence-corrected chi connectivity index (χ3v) is 6.37. The van der Waals surface area contributed by atoms with Gasteiger partial charge in [-0.1, -0.05) is 12.1 Å². The Hall–Kier alpha value is -2.94. The van der Waals surface area contributed by atoms with Gasteiger partial charge in [-0.15, -0.1) is 4.40 Å². The first kappa shape index (κ1) is 19.4. The molecule has 29 heavy (non-hydrogen) atoms. The maximum Gasteiger partial charge on any atom is 0.286 e. The van der Waals surface area contributed by atoms with Crippen molar-refractivity contribution in [2.75, 3.05) is 25.0 Å². The summed E-state index contributed by atoms with van der Waals surface area (Å²) in [5.74, 6) is 0.332. The zero-order valence-electron chi connectivity index (χ0n) is 16.0. The number of pyridine rings is 1. The maximum atomic E-state index is 13.1. The minimum atomic E-state index is -3.75. The van der Waals surface area contributed by atoms with Gasteiger partial charge in [-0.3, -0.25) is 4.79 Å². The number of para-hydroxylation sites is 1. The van der Waals surface area contributed by atoms with Gasteiger partial charge in [0.25, 0.3) is 15.9 Å². The lowest BCUT2D eigenvalue weighted by atomic mass is 9.96. The van der Waals surface area contributed by atoms with E-state index in [1.54, 1.807) is 41.4 Å². The van der Waals surface area contributed by atoms with Crippen LogP contribution in [0.4, 0.5) is 5.69 Å². The summed E-state index contributed by atoms with van der Waals surface area (Å²) in [6.07, 6.45) is 3.09. The van der Waals surface area contributed by atoms with Gasteiger partial charge in [0.2, 0.25) is 5.88 Å². The van der Waals surface area contributed by atoms with Crippen LogP contribution in [0, 0.1) is 5.92 Å². The molecule has 0 aliphatic carbocycles. The second-order valence-corrected chi connectivity index (χ2v) is 8.52. The first-order chi connectivity index (χ1) is 14.0. The van der Waals surface area contributed by atoms with E-state index in [0.717, 1.165) is 12.8 Å². The number of amidine groups is 1. The minimum absolute atomic E-state index is 0.171. The third-order valence-electron chi connectivity index (χ3n) is 5.02. The van der Waals surface area contributed by atoms with Gasteiger partial charge in [-0.2, -0.15) is 8.42 Å². The van der Waals surface area contributed by atoms with Gasteiger partial charge in [0, 0.05) is 25.2 Å². The Labute approximate surface area is 169 Å². The normalized spacial score (nSPS) is 20.2. The molecular weight excluding hydrogens is 392 g/mol. The number of carbonyl (C=O) groups is 1. The second-order valence-electron chi connectivity index (χ2n) is 6.95. The van der Waals surface area contributed by atoms with Crippen LogP contribution in [0.5, 0.6) is 5.88 Å². The molecule has 2 aliphatic rings. The second kappa shape index (κ2) is 7.82. The molecule has 1 aromatic carbocycles. The number of likely N-dealkylation sites (tertiary alicyclic amines) is 1. The van der Waals surface area contributed by atoms with Gasteiger partial charge in [0.1, 0.15) is 16.3 Å². The number of rotatable bonds is 4. The number of hydrogen-bond acceptors (Lipinski definition) is 6. The summed E-state index contributed by atoms with van der Waals surface area (Å²) in [5, 5.41) is 3.15. The summed E-state index contributed by atoms with van der Waals surface area (Å²) in [6, 6.07) is 10.1. The summed E-state index contributed by atoms with van der Waals surface area (Å²) < 4.78 is 34.6. The molecule has 0 spiro atoms. The molecule has 0 radical (unpaired) electrons. The predicted octanol–water partition coefficient (Wildman–Crippen LogP) is 2.55. The third kappa shape index (κ3) is 3.82. The first-order valence-corrected chi connectivity index (χ1v) is 11.0. The zero-order chi connectivity index (χ0) is 20.4. The summed E-state index contributed by atoms with van der Waals surface area (Å²) in [5.41, 5.74) is 0.929. The number of nitrogens with zero attached hydrogens (tertiary/aromatic N) is 3. The lowest BCUT2D eigenvalue weighted by molar-refractivity contribution is 0.0698. The molecule has 1 N–H and O–H groups in total. The molecule has 0 unspecified atom stereocenters. The number of benzene rings is 1. The van der Waals surface area contributed by atoms with Crippen molar-refractivity contribution in [2.45, 2.75) is 24.7 Å². The Morgan fingerprint density at radius 2 is 2.10 bits per heavy atom. The number of sulfonamides is 1. The minimum Gasteiger partial charge on any atom is -0.477 e. The van der Waals surface area contributed by atoms with Gasteiger partial charge < -0.3 is 15.0 Å². The van der Waals surface area contributed by atoms with Crippen LogP contribution in [0.25, 0.3) is 0 Å². The van der Waals surface area contributed by atoms with Crippen LogP contribution in [-0.4, -0.2) is 49.7 Å². The largest absolute Gasteiger partial charge is 0.477 e. The Balaban J connectivity index is 1.57. The lowest BCUT2D eigenvalue weighted by Gasteiger charge is -2.34. The topological polar surface area (TPSA) is 101 Å². The van der Waals surface area contributed by atoms with Gasteiger partial charge in [-0.25, -0.2) is 4.98 Å². The van der Waals surface area contributed by atoms with E-state index in [-0.39, 0.29) is 16.7 Å². The predicted molar refractivity (Wildman–Crippen MR) is 109 cm³/mol. The van der Waals surface area contributed by atoms with E-state index in [0.29, 0.717) is 42.7 Å². The van der Waals surface area contributed by atoms with Crippen molar-refractivity contribution in [2.24, 2.45) is 10.3 Å². The number of hydrogen-bond donors (Lipinski definition) is 1. The summed E-state index contributed by atoms with van der Waals surface area (Å²) in [7, 11) is -3.75. The molecule has 1 atom stereocenters. The average Bonchev–Trinajstić information content (AvgIpc) is 2.73. The van der Waals surface area contributed by atoms with Crippen LogP contribution < -0.4 is 10.1 Å². The van der Waals surface area contributed by atoms with E-state index in [4.69, 9.17) is 4.74 Å². The average molecular weight is 414 g/mol. The Kier molecular flexibility index (Phi) is 5.23. The van der Waals surface area contributed by atoms with Crippen LogP contribution >= 0.6 is 0 Å². The van der Waals surface area contributed by atoms with Crippen molar-refractivity contribution in [3.05, 3.63) is 48.2 Å². The highest BCUT2D eigenvalue weighted by Crippen LogP contribution is 2.31. The van der Waals surface area contributed by atoms with Crippen molar-refractivity contribution < 1.29 is 17.9 Å². The molecule has 0 saturated carbocycles. The highest BCUT2D eigenvalue weighted by Gasteiger charge is 2.33. The number of anilines is 1. The van der Waals surface area contributed by atoms with Crippen LogP contribution in [-0.2, 0) is 10.0 Å². The van der Waals surface area contributed by atoms with E-state index in [9.17, 15) is 13.2 Å². The number of nitrogens with one attached hydrogen (secondary N) is 1. The van der Waals surface area contributed by atoms with Crippen molar-refractivity contribution >= 4 is 27.5 Å². The summed E-state index contributed by atoms with van der Waals surface area (Å²) >= 11 is 0. The van der Waals surface area contributed by atoms with E-state index in [1.807, 2.05) is 6.92 Å². The molecule has 9 heteroatoms. The molecule has 152 valence electrons. The highest BCUT2D eigenvalue weighted by molar-refractivity contribution is 7.90. The molecule has 1 aromatic heterocycles. The molecule has 8 nitrogen and oxygen atoms in total. The number of aromatic nitrogens is 1. The quantitative estimate of drug-likeness (QED) is 0.825. The van der Waals surface area contributed by atoms with Crippen molar-refractivity contribution in [1.29, 1.82) is 0 Å². The van der Waals surface area contributed by atoms with Gasteiger partial charge in [0.15, 0.2) is 0 Å². The van der Waals surface area contributed by atoms with Gasteiger partial charge >= 0.3 is 0 Å². The summed E-state index contributed by atoms with van der Waals surface area (Å²) in [4.78, 5) is 19.1. The molecule has 4 rings (SSSR count). The Morgan fingerprint density at radius 3 is 2.93 bits per heavy atom. The van der Waals surface area contributed by atoms with Crippen molar-refractivity contribution in [3.63, 3.8) is 0 Å². The molecule has 2 aromatic rings. The van der Waals surface area contributed by atoms with Gasteiger partial charge in [0.05, 0.1) is 12.3 Å². The van der Waals surface area contributed by atoms with Crippen LogP contribution in [0.2, 0.25) is 0 Å². The highest BCUT2D eigenvalue weighted by atomic mass is 32.2. The van der Waals surface area contributed by atoms with Crippen LogP contribution in [0.1, 0.15) is 30.1 Å². The van der Waals surface area contributed by atoms with E-state index >= 15 is 0 Å². The molecule has 1 fully saturated rings. The number of ether oxygens (including phenoxy) is 1. The fraction of sp³-hybridized carbons (Fsp3) is 0.350.